The number of nitrogens with one attached hydrogen (secondary N) is 2. The maximum Gasteiger partial charge on any atom is 0.233 e. The van der Waals surface area contributed by atoms with Gasteiger partial charge >= 0.3 is 0 Å². The van der Waals surface area contributed by atoms with E-state index in [2.05, 4.69) is 34.3 Å². The van der Waals surface area contributed by atoms with Crippen molar-refractivity contribution in [3.63, 3.8) is 0 Å². The van der Waals surface area contributed by atoms with Crippen LogP contribution in [-0.2, 0) is 21.9 Å². The summed E-state index contributed by atoms with van der Waals surface area (Å²) in [5.74, 6) is 0.767. The Balaban J connectivity index is 0.00000289. The van der Waals surface area contributed by atoms with Crippen molar-refractivity contribution in [3.8, 4) is 5.75 Å². The topological polar surface area (TPSA) is 67.4 Å². The predicted octanol–water partition coefficient (Wildman–Crippen LogP) is 4.90. The van der Waals surface area contributed by atoms with Crippen molar-refractivity contribution in [3.05, 3.63) is 75.7 Å². The summed E-state index contributed by atoms with van der Waals surface area (Å²) in [6.07, 6.45) is 5.99. The van der Waals surface area contributed by atoms with E-state index in [1.54, 1.807) is 6.92 Å². The monoisotopic (exact) mass is 496 g/mol. The molecule has 1 aliphatic heterocycles. The van der Waals surface area contributed by atoms with Crippen LogP contribution in [0.3, 0.4) is 0 Å². The van der Waals surface area contributed by atoms with Gasteiger partial charge in [-0.15, -0.1) is 12.4 Å². The first-order valence-electron chi connectivity index (χ1n) is 10.8. The van der Waals surface area contributed by atoms with Crippen molar-refractivity contribution in [2.45, 2.75) is 44.1 Å². The number of ether oxygens (including phenoxy) is 1. The van der Waals surface area contributed by atoms with Crippen LogP contribution >= 0.6 is 24.0 Å². The van der Waals surface area contributed by atoms with E-state index in [1.807, 2.05) is 18.2 Å². The van der Waals surface area contributed by atoms with E-state index in [0.717, 1.165) is 42.0 Å². The Morgan fingerprint density at radius 3 is 2.62 bits per heavy atom. The summed E-state index contributed by atoms with van der Waals surface area (Å²) in [5.41, 5.74) is 4.04. The molecule has 1 aliphatic carbocycles. The van der Waals surface area contributed by atoms with Gasteiger partial charge in [0.15, 0.2) is 0 Å². The standard InChI is InChI=1S/C24H29ClN2O3S.ClH/c1-2-16-31(28,29)27-14-15-30-21-9-4-18-10-13-26-23(22(18)17-21)24(11-3-12-24)19-5-7-20(25)8-6-19;/h2,4-9,16-17,23,26-27H,3,10-15H2,1H3;1H. The fraction of sp³-hybridized carbons (Fsp3) is 0.417. The maximum atomic E-state index is 11.7. The number of benzene rings is 2. The lowest BCUT2D eigenvalue weighted by atomic mass is 9.58. The second-order valence-corrected chi connectivity index (χ2v) is 10.4. The van der Waals surface area contributed by atoms with Crippen LogP contribution in [0.5, 0.6) is 5.75 Å². The van der Waals surface area contributed by atoms with Crippen LogP contribution in [0.15, 0.2) is 53.9 Å². The van der Waals surface area contributed by atoms with Crippen molar-refractivity contribution >= 4 is 34.0 Å². The van der Waals surface area contributed by atoms with Gasteiger partial charge in [-0.1, -0.05) is 42.3 Å². The molecule has 1 fully saturated rings. The summed E-state index contributed by atoms with van der Waals surface area (Å²) in [6, 6.07) is 14.8. The zero-order chi connectivity index (χ0) is 21.9. The molecular formula is C24H30Cl2N2O3S. The van der Waals surface area contributed by atoms with E-state index in [1.165, 1.54) is 29.2 Å². The van der Waals surface area contributed by atoms with E-state index in [-0.39, 0.29) is 37.0 Å². The molecule has 2 aliphatic rings. The zero-order valence-corrected chi connectivity index (χ0v) is 20.5. The Labute approximate surface area is 202 Å². The molecule has 32 heavy (non-hydrogen) atoms. The molecule has 8 heteroatoms. The zero-order valence-electron chi connectivity index (χ0n) is 18.1. The number of allylic oxidation sites excluding steroid dienone is 1. The van der Waals surface area contributed by atoms with Crippen LogP contribution < -0.4 is 14.8 Å². The van der Waals surface area contributed by atoms with Gasteiger partial charge in [-0.3, -0.25) is 0 Å². The lowest BCUT2D eigenvalue weighted by molar-refractivity contribution is 0.164. The van der Waals surface area contributed by atoms with Crippen LogP contribution in [0.4, 0.5) is 0 Å². The van der Waals surface area contributed by atoms with Crippen LogP contribution in [0.1, 0.15) is 48.9 Å². The van der Waals surface area contributed by atoms with E-state index < -0.39 is 10.0 Å². The molecule has 4 rings (SSSR count). The van der Waals surface area contributed by atoms with Gasteiger partial charge in [0, 0.05) is 28.4 Å². The van der Waals surface area contributed by atoms with E-state index >= 15 is 0 Å². The molecule has 2 N–H and O–H groups in total. The lowest BCUT2D eigenvalue weighted by Crippen LogP contribution is -2.49. The van der Waals surface area contributed by atoms with Crippen LogP contribution in [-0.4, -0.2) is 28.1 Å². The number of halogens is 2. The largest absolute Gasteiger partial charge is 0.492 e. The van der Waals surface area contributed by atoms with Crippen molar-refractivity contribution in [1.82, 2.24) is 10.0 Å². The molecule has 0 saturated heterocycles. The van der Waals surface area contributed by atoms with Gasteiger partial charge in [0.25, 0.3) is 0 Å². The molecular weight excluding hydrogens is 467 g/mol. The number of fused-ring (bicyclic) bond motifs is 1. The SMILES string of the molecule is CC=CS(=O)(=O)NCCOc1ccc2c(c1)C(C1(c3ccc(Cl)cc3)CCC1)NCC2.Cl. The molecule has 2 aromatic carbocycles. The van der Waals surface area contributed by atoms with Gasteiger partial charge in [-0.25, -0.2) is 13.1 Å². The Bertz CT molecular complexity index is 1050. The molecule has 0 radical (unpaired) electrons. The van der Waals surface area contributed by atoms with Gasteiger partial charge < -0.3 is 10.1 Å². The van der Waals surface area contributed by atoms with E-state index in [0.29, 0.717) is 0 Å². The normalized spacial score (nSPS) is 19.6. The Kier molecular flexibility index (Phi) is 8.28. The Morgan fingerprint density at radius 1 is 1.22 bits per heavy atom. The minimum absolute atomic E-state index is 0. The molecule has 1 atom stereocenters. The lowest BCUT2D eigenvalue weighted by Gasteiger charge is -2.50. The summed E-state index contributed by atoms with van der Waals surface area (Å²) in [4.78, 5) is 0. The highest BCUT2D eigenvalue weighted by Gasteiger charge is 2.47. The highest BCUT2D eigenvalue weighted by Crippen LogP contribution is 2.53. The summed E-state index contributed by atoms with van der Waals surface area (Å²) < 4.78 is 31.8. The van der Waals surface area contributed by atoms with Gasteiger partial charge in [0.05, 0.1) is 0 Å². The highest BCUT2D eigenvalue weighted by atomic mass is 35.5. The quantitative estimate of drug-likeness (QED) is 0.509. The first-order valence-corrected chi connectivity index (χ1v) is 12.7. The van der Waals surface area contributed by atoms with Crippen LogP contribution in [0.25, 0.3) is 0 Å². The van der Waals surface area contributed by atoms with Crippen molar-refractivity contribution in [1.29, 1.82) is 0 Å². The molecule has 2 aromatic rings. The van der Waals surface area contributed by atoms with Gasteiger partial charge in [0.2, 0.25) is 10.0 Å². The maximum absolute atomic E-state index is 11.7. The molecule has 1 unspecified atom stereocenters. The molecule has 174 valence electrons. The fourth-order valence-corrected chi connectivity index (χ4v) is 5.73. The van der Waals surface area contributed by atoms with Crippen LogP contribution in [0, 0.1) is 0 Å². The Morgan fingerprint density at radius 2 is 1.97 bits per heavy atom. The van der Waals surface area contributed by atoms with Gasteiger partial charge in [-0.05, 0) is 73.7 Å². The minimum Gasteiger partial charge on any atom is -0.492 e. The number of sulfonamides is 1. The molecule has 0 bridgehead atoms. The number of rotatable bonds is 8. The molecule has 5 nitrogen and oxygen atoms in total. The first kappa shape index (κ1) is 25.1. The summed E-state index contributed by atoms with van der Waals surface area (Å²) >= 11 is 6.14. The third-order valence-corrected chi connectivity index (χ3v) is 7.87. The molecule has 0 spiro atoms. The van der Waals surface area contributed by atoms with Crippen molar-refractivity contribution in [2.24, 2.45) is 0 Å². The van der Waals surface area contributed by atoms with Crippen molar-refractivity contribution < 1.29 is 13.2 Å². The summed E-state index contributed by atoms with van der Waals surface area (Å²) in [7, 11) is -3.39. The second kappa shape index (κ2) is 10.6. The predicted molar refractivity (Wildman–Crippen MR) is 132 cm³/mol. The molecule has 1 heterocycles. The van der Waals surface area contributed by atoms with Crippen LogP contribution in [0.2, 0.25) is 5.02 Å². The first-order chi connectivity index (χ1) is 14.9. The summed E-state index contributed by atoms with van der Waals surface area (Å²) in [6.45, 7) is 3.13. The third-order valence-electron chi connectivity index (χ3n) is 6.38. The number of hydrogen-bond donors (Lipinski definition) is 2. The third kappa shape index (κ3) is 5.32. The fourth-order valence-electron chi connectivity index (χ4n) is 4.78. The Hall–Kier alpha value is -1.57. The molecule has 0 amide bonds. The average molecular weight is 497 g/mol. The highest BCUT2D eigenvalue weighted by molar-refractivity contribution is 7.92. The minimum atomic E-state index is -3.39. The number of hydrogen-bond acceptors (Lipinski definition) is 4. The second-order valence-electron chi connectivity index (χ2n) is 8.27. The smallest absolute Gasteiger partial charge is 0.233 e. The van der Waals surface area contributed by atoms with Gasteiger partial charge in [-0.2, -0.15) is 0 Å². The average Bonchev–Trinajstić information content (AvgIpc) is 2.72. The van der Waals surface area contributed by atoms with Gasteiger partial charge in [0.1, 0.15) is 12.4 Å². The summed E-state index contributed by atoms with van der Waals surface area (Å²) in [5, 5.41) is 5.68. The van der Waals surface area contributed by atoms with E-state index in [4.69, 9.17) is 16.3 Å². The van der Waals surface area contributed by atoms with Crippen molar-refractivity contribution in [2.75, 3.05) is 19.7 Å². The molecule has 1 saturated carbocycles. The molecule has 0 aromatic heterocycles. The van der Waals surface area contributed by atoms with E-state index in [9.17, 15) is 8.42 Å².